The Morgan fingerprint density at radius 2 is 2.08 bits per heavy atom. The number of carbonyl (C=O) groups excluding carboxylic acids is 1. The Labute approximate surface area is 75.6 Å². The molecule has 0 bridgehead atoms. The Bertz CT molecular complexity index is 148. The number of rotatable bonds is 5. The Morgan fingerprint density at radius 3 is 2.50 bits per heavy atom. The van der Waals surface area contributed by atoms with Crippen LogP contribution in [0.2, 0.25) is 13.1 Å². The summed E-state index contributed by atoms with van der Waals surface area (Å²) in [4.78, 5) is 11.1. The molecule has 0 heterocycles. The molecule has 0 aliphatic heterocycles. The monoisotopic (exact) mass is 189 g/mol. The standard InChI is InChI=1S/C8H19NO2Si/c1-5-6-8(10)11-12(3,4)7-9-2/h9H,5-7H2,1-4H3. The van der Waals surface area contributed by atoms with E-state index < -0.39 is 8.32 Å². The quantitative estimate of drug-likeness (QED) is 0.662. The second-order valence-corrected chi connectivity index (χ2v) is 7.59. The Kier molecular flexibility index (Phi) is 5.16. The summed E-state index contributed by atoms with van der Waals surface area (Å²) in [6.45, 7) is 6.06. The molecule has 0 aliphatic carbocycles. The number of nitrogens with one attached hydrogen (secondary N) is 1. The van der Waals surface area contributed by atoms with Crippen LogP contribution in [0.3, 0.4) is 0 Å². The van der Waals surface area contributed by atoms with Crippen molar-refractivity contribution >= 4 is 14.3 Å². The average Bonchev–Trinajstić information content (AvgIpc) is 1.85. The lowest BCUT2D eigenvalue weighted by Crippen LogP contribution is -2.43. The minimum Gasteiger partial charge on any atom is -0.518 e. The van der Waals surface area contributed by atoms with Crippen LogP contribution in [0.15, 0.2) is 0 Å². The van der Waals surface area contributed by atoms with E-state index in [0.717, 1.165) is 12.6 Å². The maximum atomic E-state index is 11.1. The summed E-state index contributed by atoms with van der Waals surface area (Å²) >= 11 is 0. The summed E-state index contributed by atoms with van der Waals surface area (Å²) in [5, 5.41) is 3.04. The van der Waals surface area contributed by atoms with Crippen molar-refractivity contribution in [1.29, 1.82) is 0 Å². The van der Waals surface area contributed by atoms with Crippen molar-refractivity contribution in [2.75, 3.05) is 13.2 Å². The first kappa shape index (κ1) is 11.6. The van der Waals surface area contributed by atoms with Gasteiger partial charge in [-0.25, -0.2) is 0 Å². The summed E-state index contributed by atoms with van der Waals surface area (Å²) in [5.41, 5.74) is 0. The van der Waals surface area contributed by atoms with Gasteiger partial charge in [0.2, 0.25) is 0 Å². The van der Waals surface area contributed by atoms with E-state index in [2.05, 4.69) is 5.32 Å². The number of carbonyl (C=O) groups is 1. The fraction of sp³-hybridized carbons (Fsp3) is 0.875. The highest BCUT2D eigenvalue weighted by molar-refractivity contribution is 6.72. The lowest BCUT2D eigenvalue weighted by Gasteiger charge is -2.21. The van der Waals surface area contributed by atoms with E-state index in [1.807, 2.05) is 27.1 Å². The molecule has 0 saturated heterocycles. The summed E-state index contributed by atoms with van der Waals surface area (Å²) in [6.07, 6.45) is 2.23. The van der Waals surface area contributed by atoms with Crippen molar-refractivity contribution in [2.24, 2.45) is 0 Å². The van der Waals surface area contributed by atoms with Crippen LogP contribution in [0.1, 0.15) is 19.8 Å². The molecule has 72 valence electrons. The predicted molar refractivity (Wildman–Crippen MR) is 52.4 cm³/mol. The van der Waals surface area contributed by atoms with Gasteiger partial charge in [-0.05, 0) is 26.6 Å². The molecule has 4 heteroatoms. The van der Waals surface area contributed by atoms with Crippen molar-refractivity contribution in [1.82, 2.24) is 5.32 Å². The number of hydrogen-bond donors (Lipinski definition) is 1. The zero-order valence-corrected chi connectivity index (χ0v) is 9.44. The lowest BCUT2D eigenvalue weighted by atomic mass is 10.4. The zero-order valence-electron chi connectivity index (χ0n) is 8.44. The fourth-order valence-corrected chi connectivity index (χ4v) is 2.67. The molecular weight excluding hydrogens is 170 g/mol. The van der Waals surface area contributed by atoms with Gasteiger partial charge in [0.1, 0.15) is 0 Å². The van der Waals surface area contributed by atoms with Gasteiger partial charge in [0.15, 0.2) is 0 Å². The van der Waals surface area contributed by atoms with Gasteiger partial charge in [0, 0.05) is 12.6 Å². The second-order valence-electron chi connectivity index (χ2n) is 3.51. The highest BCUT2D eigenvalue weighted by atomic mass is 28.4. The van der Waals surface area contributed by atoms with Crippen molar-refractivity contribution in [3.05, 3.63) is 0 Å². The Morgan fingerprint density at radius 1 is 1.50 bits per heavy atom. The van der Waals surface area contributed by atoms with E-state index >= 15 is 0 Å². The van der Waals surface area contributed by atoms with E-state index in [0.29, 0.717) is 6.42 Å². The molecule has 0 radical (unpaired) electrons. The molecule has 0 atom stereocenters. The highest BCUT2D eigenvalue weighted by Crippen LogP contribution is 2.05. The maximum Gasteiger partial charge on any atom is 0.292 e. The van der Waals surface area contributed by atoms with Gasteiger partial charge in [0.05, 0.1) is 0 Å². The molecule has 0 rings (SSSR count). The first-order chi connectivity index (χ1) is 5.52. The van der Waals surface area contributed by atoms with Crippen LogP contribution in [0.25, 0.3) is 0 Å². The Balaban J connectivity index is 3.79. The number of hydrogen-bond acceptors (Lipinski definition) is 3. The third kappa shape index (κ3) is 5.32. The van der Waals surface area contributed by atoms with Crippen molar-refractivity contribution < 1.29 is 9.22 Å². The Hall–Kier alpha value is -0.353. The molecule has 12 heavy (non-hydrogen) atoms. The molecule has 3 nitrogen and oxygen atoms in total. The molecule has 0 aliphatic rings. The third-order valence-electron chi connectivity index (χ3n) is 1.45. The van der Waals surface area contributed by atoms with Crippen LogP contribution in [0, 0.1) is 0 Å². The topological polar surface area (TPSA) is 38.3 Å². The maximum absolute atomic E-state index is 11.1. The molecule has 0 unspecified atom stereocenters. The zero-order chi connectivity index (χ0) is 9.61. The SMILES string of the molecule is CCCC(=O)O[Si](C)(C)CNC. The van der Waals surface area contributed by atoms with Crippen LogP contribution < -0.4 is 5.32 Å². The molecule has 0 aromatic carbocycles. The average molecular weight is 189 g/mol. The van der Waals surface area contributed by atoms with Gasteiger partial charge in [-0.15, -0.1) is 0 Å². The summed E-state index contributed by atoms with van der Waals surface area (Å²) in [6, 6.07) is 0. The van der Waals surface area contributed by atoms with E-state index in [1.54, 1.807) is 0 Å². The van der Waals surface area contributed by atoms with Crippen LogP contribution in [0.5, 0.6) is 0 Å². The summed E-state index contributed by atoms with van der Waals surface area (Å²) in [5.74, 6) is -0.0515. The van der Waals surface area contributed by atoms with Gasteiger partial charge < -0.3 is 9.74 Å². The third-order valence-corrected chi connectivity index (χ3v) is 3.43. The van der Waals surface area contributed by atoms with Crippen LogP contribution in [-0.2, 0) is 9.22 Å². The minimum absolute atomic E-state index is 0.0515. The highest BCUT2D eigenvalue weighted by Gasteiger charge is 2.25. The van der Waals surface area contributed by atoms with Crippen LogP contribution in [-0.4, -0.2) is 27.5 Å². The predicted octanol–water partition coefficient (Wildman–Crippen LogP) is 1.29. The smallest absolute Gasteiger partial charge is 0.292 e. The summed E-state index contributed by atoms with van der Waals surface area (Å²) < 4.78 is 5.36. The van der Waals surface area contributed by atoms with E-state index in [-0.39, 0.29) is 5.97 Å². The van der Waals surface area contributed by atoms with E-state index in [1.165, 1.54) is 0 Å². The van der Waals surface area contributed by atoms with Crippen molar-refractivity contribution in [2.45, 2.75) is 32.9 Å². The minimum atomic E-state index is -1.76. The van der Waals surface area contributed by atoms with Gasteiger partial charge in [-0.3, -0.25) is 4.79 Å². The van der Waals surface area contributed by atoms with Gasteiger partial charge in [0.25, 0.3) is 14.3 Å². The molecule has 0 spiro atoms. The summed E-state index contributed by atoms with van der Waals surface area (Å²) in [7, 11) is 0.113. The van der Waals surface area contributed by atoms with Gasteiger partial charge >= 0.3 is 0 Å². The molecule has 0 aromatic heterocycles. The van der Waals surface area contributed by atoms with Gasteiger partial charge in [-0.1, -0.05) is 6.92 Å². The van der Waals surface area contributed by atoms with E-state index in [9.17, 15) is 4.79 Å². The van der Waals surface area contributed by atoms with E-state index in [4.69, 9.17) is 4.43 Å². The molecule has 0 fully saturated rings. The first-order valence-electron chi connectivity index (χ1n) is 4.38. The lowest BCUT2D eigenvalue weighted by molar-refractivity contribution is -0.135. The molecule has 1 N–H and O–H groups in total. The molecule has 0 saturated carbocycles. The second kappa shape index (κ2) is 5.32. The molecule has 0 aromatic rings. The van der Waals surface area contributed by atoms with Crippen molar-refractivity contribution in [3.63, 3.8) is 0 Å². The molecule has 0 amide bonds. The van der Waals surface area contributed by atoms with Gasteiger partial charge in [-0.2, -0.15) is 0 Å². The van der Waals surface area contributed by atoms with Crippen LogP contribution >= 0.6 is 0 Å². The largest absolute Gasteiger partial charge is 0.518 e. The van der Waals surface area contributed by atoms with Crippen LogP contribution in [0.4, 0.5) is 0 Å². The normalized spacial score (nSPS) is 11.3. The first-order valence-corrected chi connectivity index (χ1v) is 7.50. The molecular formula is C8H19NO2Si. The fourth-order valence-electron chi connectivity index (χ4n) is 1.03. The van der Waals surface area contributed by atoms with Crippen molar-refractivity contribution in [3.8, 4) is 0 Å².